The van der Waals surface area contributed by atoms with Crippen LogP contribution in [0.5, 0.6) is 0 Å². The van der Waals surface area contributed by atoms with E-state index < -0.39 is 25.9 Å². The monoisotopic (exact) mass is 268 g/mol. The third-order valence-corrected chi connectivity index (χ3v) is 2.82. The molecule has 0 aromatic heterocycles. The second-order valence-electron chi connectivity index (χ2n) is 3.66. The zero-order valence-electron chi connectivity index (χ0n) is 10.2. The van der Waals surface area contributed by atoms with Crippen molar-refractivity contribution in [2.75, 3.05) is 6.16 Å². The second-order valence-corrected chi connectivity index (χ2v) is 4.86. The van der Waals surface area contributed by atoms with Crippen LogP contribution in [-0.2, 0) is 14.2 Å². The molecule has 0 aliphatic carbocycles. The van der Waals surface area contributed by atoms with Crippen LogP contribution in [0.15, 0.2) is 0 Å². The normalized spacial score (nSPS) is 11.5. The molecule has 0 fully saturated rings. The van der Waals surface area contributed by atoms with Gasteiger partial charge in [0.1, 0.15) is 0 Å². The first-order chi connectivity index (χ1) is 7.83. The molecule has 0 aliphatic heterocycles. The van der Waals surface area contributed by atoms with Crippen LogP contribution in [0, 0.1) is 5.92 Å². The van der Waals surface area contributed by atoms with Gasteiger partial charge in [-0.05, 0) is 5.92 Å². The lowest BCUT2D eigenvalue weighted by Gasteiger charge is -2.08. The highest BCUT2D eigenvalue weighted by atomic mass is 31.1. The van der Waals surface area contributed by atoms with Crippen LogP contribution >= 0.6 is 8.03 Å². The van der Waals surface area contributed by atoms with Gasteiger partial charge in [0.15, 0.2) is 8.03 Å². The van der Waals surface area contributed by atoms with Crippen LogP contribution in [0.25, 0.3) is 0 Å². The van der Waals surface area contributed by atoms with Gasteiger partial charge in [-0.25, -0.2) is 0 Å². The van der Waals surface area contributed by atoms with Gasteiger partial charge in [0, 0.05) is 19.0 Å². The zero-order chi connectivity index (χ0) is 13.8. The summed E-state index contributed by atoms with van der Waals surface area (Å²) in [5.74, 6) is -3.07. The number of carboxylic acids is 2. The molecular weight excluding hydrogens is 247 g/mol. The first-order valence-corrected chi connectivity index (χ1v) is 7.05. The average Bonchev–Trinajstić information content (AvgIpc) is 2.14. The molecule has 102 valence electrons. The predicted octanol–water partition coefficient (Wildman–Crippen LogP) is 1.83. The molecule has 1 atom stereocenters. The predicted molar refractivity (Wildman–Crippen MR) is 64.7 cm³/mol. The number of aliphatic carboxylic acids is 2. The summed E-state index contributed by atoms with van der Waals surface area (Å²) in [4.78, 5) is 28.9. The van der Waals surface area contributed by atoms with Gasteiger partial charge in [0.2, 0.25) is 0 Å². The molecule has 0 saturated carbocycles. The van der Waals surface area contributed by atoms with Crippen LogP contribution in [0.4, 0.5) is 0 Å². The van der Waals surface area contributed by atoms with Crippen molar-refractivity contribution in [3.05, 3.63) is 0 Å². The second kappa shape index (κ2) is 11.6. The Morgan fingerprint density at radius 1 is 1.06 bits per heavy atom. The number of carboxylic acid groups (broad SMARTS) is 2. The number of hydrogen-bond acceptors (Lipinski definition) is 3. The molecule has 0 radical (unpaired) electrons. The molecule has 7 heteroatoms. The van der Waals surface area contributed by atoms with E-state index in [2.05, 4.69) is 13.8 Å². The van der Waals surface area contributed by atoms with Crippen LogP contribution in [0.1, 0.15) is 39.5 Å². The third-order valence-electron chi connectivity index (χ3n) is 1.89. The minimum Gasteiger partial charge on any atom is -0.481 e. The molecule has 6 nitrogen and oxygen atoms in total. The van der Waals surface area contributed by atoms with Crippen LogP contribution in [-0.4, -0.2) is 33.2 Å². The molecule has 0 saturated heterocycles. The Hall–Kier alpha value is -0.870. The number of rotatable bonds is 7. The van der Waals surface area contributed by atoms with Gasteiger partial charge < -0.3 is 15.1 Å². The summed E-state index contributed by atoms with van der Waals surface area (Å²) in [6.45, 7) is 4.36. The lowest BCUT2D eigenvalue weighted by atomic mass is 10.0. The summed E-state index contributed by atoms with van der Waals surface area (Å²) in [5, 5.41) is 16.7. The van der Waals surface area contributed by atoms with Crippen molar-refractivity contribution in [2.24, 2.45) is 5.92 Å². The Balaban J connectivity index is 0. The fraction of sp³-hybridized carbons (Fsp3) is 0.800. The summed E-state index contributed by atoms with van der Waals surface area (Å²) in [6.07, 6.45) is 1.62. The summed E-state index contributed by atoms with van der Waals surface area (Å²) in [7, 11) is -2.80. The van der Waals surface area contributed by atoms with E-state index in [-0.39, 0.29) is 19.0 Å². The fourth-order valence-electron chi connectivity index (χ4n) is 0.957. The summed E-state index contributed by atoms with van der Waals surface area (Å²) in [5.41, 5.74) is 0. The molecule has 3 N–H and O–H groups in total. The maximum Gasteiger partial charge on any atom is 0.303 e. The Morgan fingerprint density at radius 2 is 1.41 bits per heavy atom. The number of unbranched alkanes of at least 4 members (excludes halogenated alkanes) is 1. The lowest BCUT2D eigenvalue weighted by molar-refractivity contribution is -0.140. The van der Waals surface area contributed by atoms with Gasteiger partial charge in [-0.3, -0.25) is 14.2 Å². The van der Waals surface area contributed by atoms with Gasteiger partial charge in [-0.2, -0.15) is 0 Å². The zero-order valence-corrected chi connectivity index (χ0v) is 11.2. The highest BCUT2D eigenvalue weighted by Gasteiger charge is 2.18. The van der Waals surface area contributed by atoms with Gasteiger partial charge >= 0.3 is 11.9 Å². The molecular formula is C10H21O6P. The molecule has 0 bridgehead atoms. The van der Waals surface area contributed by atoms with Crippen molar-refractivity contribution in [2.45, 2.75) is 39.5 Å². The molecule has 0 rings (SSSR count). The smallest absolute Gasteiger partial charge is 0.303 e. The van der Waals surface area contributed by atoms with Crippen molar-refractivity contribution in [1.82, 2.24) is 0 Å². The van der Waals surface area contributed by atoms with Crippen molar-refractivity contribution in [3.8, 4) is 0 Å². The largest absolute Gasteiger partial charge is 0.481 e. The van der Waals surface area contributed by atoms with Crippen molar-refractivity contribution in [3.63, 3.8) is 0 Å². The van der Waals surface area contributed by atoms with Gasteiger partial charge in [0.25, 0.3) is 0 Å². The van der Waals surface area contributed by atoms with E-state index in [1.807, 2.05) is 0 Å². The number of carbonyl (C=O) groups is 2. The van der Waals surface area contributed by atoms with E-state index in [0.717, 1.165) is 0 Å². The minimum absolute atomic E-state index is 0.247. The van der Waals surface area contributed by atoms with Crippen molar-refractivity contribution >= 4 is 20.0 Å². The van der Waals surface area contributed by atoms with E-state index in [0.29, 0.717) is 0 Å². The third kappa shape index (κ3) is 17.7. The molecule has 1 unspecified atom stereocenters. The van der Waals surface area contributed by atoms with E-state index in [1.165, 1.54) is 12.8 Å². The SMILES string of the molecule is CCCC.O=C(O)CC(CC(=O)O)C[PH](=O)O. The summed E-state index contributed by atoms with van der Waals surface area (Å²) in [6, 6.07) is 0. The molecule has 17 heavy (non-hydrogen) atoms. The molecule has 0 amide bonds. The average molecular weight is 268 g/mol. The Labute approximate surface area is 102 Å². The number of hydrogen-bond donors (Lipinski definition) is 3. The van der Waals surface area contributed by atoms with Gasteiger partial charge in [0.05, 0.1) is 0 Å². The molecule has 0 aromatic carbocycles. The Bertz CT molecular complexity index is 213. The topological polar surface area (TPSA) is 112 Å². The van der Waals surface area contributed by atoms with Crippen LogP contribution < -0.4 is 0 Å². The molecule has 0 aliphatic rings. The molecule has 0 spiro atoms. The van der Waals surface area contributed by atoms with Crippen LogP contribution in [0.2, 0.25) is 0 Å². The molecule has 0 aromatic rings. The molecule has 0 heterocycles. The maximum atomic E-state index is 10.4. The summed E-state index contributed by atoms with van der Waals surface area (Å²) >= 11 is 0. The highest BCUT2D eigenvalue weighted by molar-refractivity contribution is 7.38. The van der Waals surface area contributed by atoms with Crippen molar-refractivity contribution < 1.29 is 29.3 Å². The van der Waals surface area contributed by atoms with Gasteiger partial charge in [-0.15, -0.1) is 0 Å². The van der Waals surface area contributed by atoms with E-state index in [1.54, 1.807) is 0 Å². The first kappa shape index (κ1) is 18.5. The Morgan fingerprint density at radius 3 is 1.59 bits per heavy atom. The van der Waals surface area contributed by atoms with Crippen molar-refractivity contribution in [1.29, 1.82) is 0 Å². The summed E-state index contributed by atoms with van der Waals surface area (Å²) < 4.78 is 10.4. The lowest BCUT2D eigenvalue weighted by Crippen LogP contribution is -2.14. The highest BCUT2D eigenvalue weighted by Crippen LogP contribution is 2.22. The van der Waals surface area contributed by atoms with E-state index in [9.17, 15) is 14.2 Å². The Kier molecular flexibility index (Phi) is 12.6. The fourth-order valence-corrected chi connectivity index (χ4v) is 1.74. The quantitative estimate of drug-likeness (QED) is 0.607. The van der Waals surface area contributed by atoms with Crippen LogP contribution in [0.3, 0.4) is 0 Å². The maximum absolute atomic E-state index is 10.4. The standard InChI is InChI=1S/C6H11O6P.C4H10/c7-5(8)1-4(2-6(9)10)3-13(11)12;1-3-4-2/h4,13H,1-3H2,(H,7,8)(H,9,10)(H,11,12);3-4H2,1-2H3. The van der Waals surface area contributed by atoms with Gasteiger partial charge in [-0.1, -0.05) is 26.7 Å². The van der Waals surface area contributed by atoms with E-state index in [4.69, 9.17) is 15.1 Å². The first-order valence-electron chi connectivity index (χ1n) is 5.48. The van der Waals surface area contributed by atoms with E-state index >= 15 is 0 Å². The minimum atomic E-state index is -2.80.